The van der Waals surface area contributed by atoms with Gasteiger partial charge in [-0.2, -0.15) is 0 Å². The van der Waals surface area contributed by atoms with Crippen molar-refractivity contribution in [2.75, 3.05) is 5.32 Å². The first-order chi connectivity index (χ1) is 8.21. The number of hydrogen-bond acceptors (Lipinski definition) is 3. The summed E-state index contributed by atoms with van der Waals surface area (Å²) in [6, 6.07) is 4.85. The molecule has 1 unspecified atom stereocenters. The standard InChI is InChI=1S/C13H19BrN2O2/c1-13(2,3)10(15)7-11(17)16-9-6-4-5-8(14)12(9)18/h4-6,10,18H,7,15H2,1-3H3,(H,16,17). The maximum absolute atomic E-state index is 11.8. The summed E-state index contributed by atoms with van der Waals surface area (Å²) in [6.45, 7) is 5.96. The lowest BCUT2D eigenvalue weighted by Crippen LogP contribution is -2.38. The summed E-state index contributed by atoms with van der Waals surface area (Å²) in [6.07, 6.45) is 0.218. The number of amides is 1. The zero-order valence-electron chi connectivity index (χ0n) is 10.8. The molecule has 0 aromatic heterocycles. The number of rotatable bonds is 3. The second-order valence-electron chi connectivity index (χ2n) is 5.36. The summed E-state index contributed by atoms with van der Waals surface area (Å²) in [5, 5.41) is 12.4. The zero-order valence-corrected chi connectivity index (χ0v) is 12.4. The van der Waals surface area contributed by atoms with Crippen molar-refractivity contribution in [2.24, 2.45) is 11.1 Å². The molecular formula is C13H19BrN2O2. The number of benzene rings is 1. The van der Waals surface area contributed by atoms with Gasteiger partial charge in [-0.25, -0.2) is 0 Å². The Labute approximate surface area is 116 Å². The van der Waals surface area contributed by atoms with Crippen molar-refractivity contribution >= 4 is 27.5 Å². The van der Waals surface area contributed by atoms with E-state index in [-0.39, 0.29) is 29.5 Å². The molecule has 1 atom stereocenters. The lowest BCUT2D eigenvalue weighted by Gasteiger charge is -2.26. The molecule has 0 aliphatic rings. The molecule has 0 bridgehead atoms. The molecular weight excluding hydrogens is 296 g/mol. The number of carbonyl (C=O) groups is 1. The molecule has 5 heteroatoms. The largest absolute Gasteiger partial charge is 0.505 e. The molecule has 0 aliphatic heterocycles. The first-order valence-corrected chi connectivity index (χ1v) is 6.54. The van der Waals surface area contributed by atoms with Gasteiger partial charge in [0.25, 0.3) is 0 Å². The average molecular weight is 315 g/mol. The van der Waals surface area contributed by atoms with Gasteiger partial charge in [-0.1, -0.05) is 26.8 Å². The van der Waals surface area contributed by atoms with Crippen LogP contribution in [0.3, 0.4) is 0 Å². The molecule has 18 heavy (non-hydrogen) atoms. The van der Waals surface area contributed by atoms with Gasteiger partial charge in [0.15, 0.2) is 5.75 Å². The van der Waals surface area contributed by atoms with Crippen LogP contribution in [-0.2, 0) is 4.79 Å². The van der Waals surface area contributed by atoms with E-state index in [9.17, 15) is 9.90 Å². The number of nitrogens with one attached hydrogen (secondary N) is 1. The monoisotopic (exact) mass is 314 g/mol. The van der Waals surface area contributed by atoms with Crippen LogP contribution in [0.5, 0.6) is 5.75 Å². The fraction of sp³-hybridized carbons (Fsp3) is 0.462. The highest BCUT2D eigenvalue weighted by Gasteiger charge is 2.23. The van der Waals surface area contributed by atoms with E-state index in [4.69, 9.17) is 5.73 Å². The van der Waals surface area contributed by atoms with Gasteiger partial charge in [-0.15, -0.1) is 0 Å². The Bertz CT molecular complexity index is 441. The van der Waals surface area contributed by atoms with E-state index >= 15 is 0 Å². The van der Waals surface area contributed by atoms with Crippen molar-refractivity contribution in [3.8, 4) is 5.75 Å². The highest BCUT2D eigenvalue weighted by molar-refractivity contribution is 9.10. The minimum atomic E-state index is -0.230. The molecule has 0 fully saturated rings. The van der Waals surface area contributed by atoms with E-state index in [1.165, 1.54) is 0 Å². The quantitative estimate of drug-likeness (QED) is 0.751. The third kappa shape index (κ3) is 3.99. The first kappa shape index (κ1) is 15.0. The normalized spacial score (nSPS) is 13.2. The number of carbonyl (C=O) groups excluding carboxylic acids is 1. The fourth-order valence-corrected chi connectivity index (χ4v) is 1.69. The summed E-state index contributed by atoms with van der Waals surface area (Å²) >= 11 is 3.19. The lowest BCUT2D eigenvalue weighted by molar-refractivity contribution is -0.117. The summed E-state index contributed by atoms with van der Waals surface area (Å²) in [5.41, 5.74) is 6.20. The van der Waals surface area contributed by atoms with Crippen LogP contribution in [0.4, 0.5) is 5.69 Å². The molecule has 0 heterocycles. The van der Waals surface area contributed by atoms with Gasteiger partial charge in [0.1, 0.15) is 0 Å². The van der Waals surface area contributed by atoms with Crippen molar-refractivity contribution in [3.63, 3.8) is 0 Å². The zero-order chi connectivity index (χ0) is 13.9. The number of hydrogen-bond donors (Lipinski definition) is 3. The second-order valence-corrected chi connectivity index (χ2v) is 6.22. The van der Waals surface area contributed by atoms with Crippen LogP contribution in [0.2, 0.25) is 0 Å². The molecule has 1 rings (SSSR count). The number of aromatic hydroxyl groups is 1. The van der Waals surface area contributed by atoms with E-state index in [0.717, 1.165) is 0 Å². The third-order valence-electron chi connectivity index (χ3n) is 2.78. The smallest absolute Gasteiger partial charge is 0.226 e. The Morgan fingerprint density at radius 3 is 2.67 bits per heavy atom. The third-order valence-corrected chi connectivity index (χ3v) is 3.42. The summed E-state index contributed by atoms with van der Waals surface area (Å²) in [7, 11) is 0. The Balaban J connectivity index is 2.69. The number of para-hydroxylation sites is 1. The fourth-order valence-electron chi connectivity index (χ4n) is 1.32. The summed E-state index contributed by atoms with van der Waals surface area (Å²) in [5.74, 6) is -0.180. The van der Waals surface area contributed by atoms with Crippen LogP contribution < -0.4 is 11.1 Å². The number of nitrogens with two attached hydrogens (primary N) is 1. The average Bonchev–Trinajstić information content (AvgIpc) is 2.23. The molecule has 1 amide bonds. The highest BCUT2D eigenvalue weighted by Crippen LogP contribution is 2.31. The Kier molecular flexibility index (Phi) is 4.76. The van der Waals surface area contributed by atoms with Crippen molar-refractivity contribution in [2.45, 2.75) is 33.2 Å². The minimum Gasteiger partial charge on any atom is -0.505 e. The molecule has 100 valence electrons. The maximum atomic E-state index is 11.8. The van der Waals surface area contributed by atoms with Crippen molar-refractivity contribution in [1.29, 1.82) is 0 Å². The second kappa shape index (κ2) is 5.71. The van der Waals surface area contributed by atoms with Crippen LogP contribution in [-0.4, -0.2) is 17.1 Å². The number of phenols is 1. The predicted octanol–water partition coefficient (Wildman–Crippen LogP) is 2.86. The molecule has 1 aromatic carbocycles. The molecule has 0 spiro atoms. The van der Waals surface area contributed by atoms with Gasteiger partial charge < -0.3 is 16.2 Å². The number of anilines is 1. The van der Waals surface area contributed by atoms with Crippen molar-refractivity contribution in [1.82, 2.24) is 0 Å². The Hall–Kier alpha value is -1.07. The summed E-state index contributed by atoms with van der Waals surface area (Å²) < 4.78 is 0.542. The molecule has 0 saturated heterocycles. The molecule has 4 N–H and O–H groups in total. The highest BCUT2D eigenvalue weighted by atomic mass is 79.9. The molecule has 0 saturated carbocycles. The molecule has 1 aromatic rings. The van der Waals surface area contributed by atoms with E-state index in [1.54, 1.807) is 18.2 Å². The van der Waals surface area contributed by atoms with E-state index in [0.29, 0.717) is 10.2 Å². The van der Waals surface area contributed by atoms with Crippen LogP contribution in [0, 0.1) is 5.41 Å². The van der Waals surface area contributed by atoms with Gasteiger partial charge in [-0.3, -0.25) is 4.79 Å². The number of halogens is 1. The van der Waals surface area contributed by atoms with Gasteiger partial charge in [0.05, 0.1) is 10.2 Å². The van der Waals surface area contributed by atoms with Gasteiger partial charge >= 0.3 is 0 Å². The molecule has 0 radical (unpaired) electrons. The first-order valence-electron chi connectivity index (χ1n) is 5.74. The minimum absolute atomic E-state index is 0.0233. The Morgan fingerprint density at radius 2 is 2.11 bits per heavy atom. The van der Waals surface area contributed by atoms with Gasteiger partial charge in [-0.05, 0) is 33.5 Å². The molecule has 0 aliphatic carbocycles. The van der Waals surface area contributed by atoms with E-state index in [1.807, 2.05) is 20.8 Å². The van der Waals surface area contributed by atoms with E-state index in [2.05, 4.69) is 21.2 Å². The van der Waals surface area contributed by atoms with Gasteiger partial charge in [0.2, 0.25) is 5.91 Å². The van der Waals surface area contributed by atoms with Gasteiger partial charge in [0, 0.05) is 12.5 Å². The van der Waals surface area contributed by atoms with Crippen LogP contribution in [0.15, 0.2) is 22.7 Å². The topological polar surface area (TPSA) is 75.4 Å². The van der Waals surface area contributed by atoms with Crippen LogP contribution in [0.25, 0.3) is 0 Å². The number of phenolic OH excluding ortho intramolecular Hbond substituents is 1. The SMILES string of the molecule is CC(C)(C)C(N)CC(=O)Nc1cccc(Br)c1O. The maximum Gasteiger partial charge on any atom is 0.226 e. The van der Waals surface area contributed by atoms with Crippen molar-refractivity contribution < 1.29 is 9.90 Å². The Morgan fingerprint density at radius 1 is 1.50 bits per heavy atom. The summed E-state index contributed by atoms with van der Waals surface area (Å²) in [4.78, 5) is 11.8. The van der Waals surface area contributed by atoms with Crippen LogP contribution >= 0.6 is 15.9 Å². The van der Waals surface area contributed by atoms with E-state index < -0.39 is 0 Å². The van der Waals surface area contributed by atoms with Crippen LogP contribution in [0.1, 0.15) is 27.2 Å². The molecule has 4 nitrogen and oxygen atoms in total. The van der Waals surface area contributed by atoms with Crippen molar-refractivity contribution in [3.05, 3.63) is 22.7 Å². The predicted molar refractivity (Wildman–Crippen MR) is 76.5 cm³/mol. The lowest BCUT2D eigenvalue weighted by atomic mass is 9.85.